The average molecular weight is 246 g/mol. The maximum atomic E-state index is 11.2. The molecule has 1 heterocycles. The summed E-state index contributed by atoms with van der Waals surface area (Å²) >= 11 is 0. The third kappa shape index (κ3) is 2.64. The SMILES string of the molecule is CCOC(=O)NCCc1c(C)[nH]c2ccccc12. The molecule has 0 fully saturated rings. The second-order valence-corrected chi connectivity index (χ2v) is 4.17. The number of aromatic amines is 1. The molecule has 2 aromatic rings. The maximum Gasteiger partial charge on any atom is 0.407 e. The predicted molar refractivity (Wildman–Crippen MR) is 71.8 cm³/mol. The number of carbonyl (C=O) groups excluding carboxylic acids is 1. The smallest absolute Gasteiger partial charge is 0.407 e. The van der Waals surface area contributed by atoms with Crippen LogP contribution in [0.5, 0.6) is 0 Å². The number of aryl methyl sites for hydroxylation is 1. The molecule has 2 N–H and O–H groups in total. The number of carbonyl (C=O) groups is 1. The molecule has 0 aliphatic rings. The van der Waals surface area contributed by atoms with Gasteiger partial charge in [-0.2, -0.15) is 0 Å². The Morgan fingerprint density at radius 3 is 2.94 bits per heavy atom. The summed E-state index contributed by atoms with van der Waals surface area (Å²) in [5.74, 6) is 0. The largest absolute Gasteiger partial charge is 0.450 e. The lowest BCUT2D eigenvalue weighted by atomic mass is 10.1. The molecular formula is C14H18N2O2. The number of aromatic nitrogens is 1. The Hall–Kier alpha value is -1.97. The van der Waals surface area contributed by atoms with E-state index in [0.717, 1.165) is 17.6 Å². The molecule has 96 valence electrons. The van der Waals surface area contributed by atoms with E-state index in [2.05, 4.69) is 29.4 Å². The van der Waals surface area contributed by atoms with Gasteiger partial charge in [-0.15, -0.1) is 0 Å². The normalized spacial score (nSPS) is 10.6. The zero-order valence-corrected chi connectivity index (χ0v) is 10.7. The van der Waals surface area contributed by atoms with Gasteiger partial charge < -0.3 is 15.0 Å². The maximum absolute atomic E-state index is 11.2. The van der Waals surface area contributed by atoms with Crippen LogP contribution in [0.2, 0.25) is 0 Å². The van der Waals surface area contributed by atoms with Gasteiger partial charge in [0.25, 0.3) is 0 Å². The van der Waals surface area contributed by atoms with E-state index in [0.29, 0.717) is 13.2 Å². The van der Waals surface area contributed by atoms with E-state index in [1.54, 1.807) is 6.92 Å². The Bertz CT molecular complexity index is 546. The molecule has 0 aliphatic heterocycles. The van der Waals surface area contributed by atoms with E-state index in [4.69, 9.17) is 4.74 Å². The van der Waals surface area contributed by atoms with Crippen LogP contribution >= 0.6 is 0 Å². The molecule has 0 aliphatic carbocycles. The van der Waals surface area contributed by atoms with Crippen LogP contribution in [-0.2, 0) is 11.2 Å². The zero-order chi connectivity index (χ0) is 13.0. The molecule has 0 spiro atoms. The summed E-state index contributed by atoms with van der Waals surface area (Å²) in [4.78, 5) is 14.5. The summed E-state index contributed by atoms with van der Waals surface area (Å²) in [5.41, 5.74) is 3.55. The molecule has 0 radical (unpaired) electrons. The molecule has 2 rings (SSSR count). The number of ether oxygens (including phenoxy) is 1. The van der Waals surface area contributed by atoms with E-state index in [1.807, 2.05) is 12.1 Å². The number of nitrogens with one attached hydrogen (secondary N) is 2. The second-order valence-electron chi connectivity index (χ2n) is 4.17. The summed E-state index contributed by atoms with van der Waals surface area (Å²) in [6, 6.07) is 8.19. The zero-order valence-electron chi connectivity index (χ0n) is 10.7. The molecule has 1 amide bonds. The van der Waals surface area contributed by atoms with Gasteiger partial charge in [0.1, 0.15) is 0 Å². The van der Waals surface area contributed by atoms with Crippen LogP contribution < -0.4 is 5.32 Å². The van der Waals surface area contributed by atoms with Gasteiger partial charge in [0.15, 0.2) is 0 Å². The Labute approximate surface area is 106 Å². The molecule has 1 aromatic heterocycles. The van der Waals surface area contributed by atoms with E-state index < -0.39 is 0 Å². The van der Waals surface area contributed by atoms with Crippen molar-refractivity contribution in [3.05, 3.63) is 35.5 Å². The molecule has 4 heteroatoms. The van der Waals surface area contributed by atoms with Crippen LogP contribution in [0.3, 0.4) is 0 Å². The topological polar surface area (TPSA) is 54.1 Å². The van der Waals surface area contributed by atoms with Gasteiger partial charge in [-0.1, -0.05) is 18.2 Å². The molecule has 0 saturated heterocycles. The Morgan fingerprint density at radius 1 is 1.39 bits per heavy atom. The molecule has 4 nitrogen and oxygen atoms in total. The van der Waals surface area contributed by atoms with Crippen LogP contribution in [0.4, 0.5) is 4.79 Å². The van der Waals surface area contributed by atoms with Crippen LogP contribution in [0.15, 0.2) is 24.3 Å². The number of para-hydroxylation sites is 1. The first-order valence-electron chi connectivity index (χ1n) is 6.19. The van der Waals surface area contributed by atoms with Crippen LogP contribution in [0.1, 0.15) is 18.2 Å². The molecule has 0 bridgehead atoms. The summed E-state index contributed by atoms with van der Waals surface area (Å²) in [5, 5.41) is 3.96. The van der Waals surface area contributed by atoms with Crippen molar-refractivity contribution in [1.29, 1.82) is 0 Å². The van der Waals surface area contributed by atoms with Gasteiger partial charge in [-0.05, 0) is 31.9 Å². The van der Waals surface area contributed by atoms with Crippen molar-refractivity contribution in [1.82, 2.24) is 10.3 Å². The lowest BCUT2D eigenvalue weighted by Crippen LogP contribution is -2.26. The molecule has 18 heavy (non-hydrogen) atoms. The van der Waals surface area contributed by atoms with E-state index in [1.165, 1.54) is 10.9 Å². The Morgan fingerprint density at radius 2 is 2.17 bits per heavy atom. The fraction of sp³-hybridized carbons (Fsp3) is 0.357. The summed E-state index contributed by atoms with van der Waals surface area (Å²) in [7, 11) is 0. The summed E-state index contributed by atoms with van der Waals surface area (Å²) < 4.78 is 4.82. The van der Waals surface area contributed by atoms with E-state index >= 15 is 0 Å². The predicted octanol–water partition coefficient (Wildman–Crippen LogP) is 2.76. The number of H-pyrrole nitrogens is 1. The number of alkyl carbamates (subject to hydrolysis) is 1. The minimum absolute atomic E-state index is 0.352. The van der Waals surface area contributed by atoms with Crippen molar-refractivity contribution in [3.63, 3.8) is 0 Å². The number of amides is 1. The highest BCUT2D eigenvalue weighted by Gasteiger charge is 2.08. The van der Waals surface area contributed by atoms with Gasteiger partial charge >= 0.3 is 6.09 Å². The summed E-state index contributed by atoms with van der Waals surface area (Å²) in [6.45, 7) is 4.84. The van der Waals surface area contributed by atoms with Gasteiger partial charge in [0.05, 0.1) is 6.61 Å². The lowest BCUT2D eigenvalue weighted by Gasteiger charge is -2.05. The van der Waals surface area contributed by atoms with Gasteiger partial charge in [0, 0.05) is 23.1 Å². The fourth-order valence-corrected chi connectivity index (χ4v) is 2.13. The average Bonchev–Trinajstić information content (AvgIpc) is 2.66. The first kappa shape index (κ1) is 12.5. The lowest BCUT2D eigenvalue weighted by molar-refractivity contribution is 0.152. The van der Waals surface area contributed by atoms with Gasteiger partial charge in [-0.25, -0.2) is 4.79 Å². The summed E-state index contributed by atoms with van der Waals surface area (Å²) in [6.07, 6.45) is 0.448. The highest BCUT2D eigenvalue weighted by Crippen LogP contribution is 2.21. The van der Waals surface area contributed by atoms with E-state index in [9.17, 15) is 4.79 Å². The molecular weight excluding hydrogens is 228 g/mol. The molecule has 0 unspecified atom stereocenters. The highest BCUT2D eigenvalue weighted by molar-refractivity contribution is 5.84. The van der Waals surface area contributed by atoms with Crippen molar-refractivity contribution >= 4 is 17.0 Å². The minimum atomic E-state index is -0.352. The van der Waals surface area contributed by atoms with Crippen LogP contribution in [0.25, 0.3) is 10.9 Å². The molecule has 0 saturated carbocycles. The van der Waals surface area contributed by atoms with Crippen molar-refractivity contribution < 1.29 is 9.53 Å². The standard InChI is InChI=1S/C14H18N2O2/c1-3-18-14(17)15-9-8-11-10(2)16-13-7-5-4-6-12(11)13/h4-7,16H,3,8-9H2,1-2H3,(H,15,17). The first-order chi connectivity index (χ1) is 8.72. The monoisotopic (exact) mass is 246 g/mol. The van der Waals surface area contributed by atoms with Crippen LogP contribution in [-0.4, -0.2) is 24.2 Å². The van der Waals surface area contributed by atoms with Crippen molar-refractivity contribution in [2.45, 2.75) is 20.3 Å². The first-order valence-corrected chi connectivity index (χ1v) is 6.19. The number of hydrogen-bond donors (Lipinski definition) is 2. The third-order valence-corrected chi connectivity index (χ3v) is 2.95. The Kier molecular flexibility index (Phi) is 3.87. The van der Waals surface area contributed by atoms with Gasteiger partial charge in [-0.3, -0.25) is 0 Å². The molecule has 0 atom stereocenters. The second kappa shape index (κ2) is 5.58. The number of hydrogen-bond acceptors (Lipinski definition) is 2. The third-order valence-electron chi connectivity index (χ3n) is 2.95. The number of benzene rings is 1. The van der Waals surface area contributed by atoms with Crippen LogP contribution in [0, 0.1) is 6.92 Å². The van der Waals surface area contributed by atoms with Crippen molar-refractivity contribution in [3.8, 4) is 0 Å². The van der Waals surface area contributed by atoms with Gasteiger partial charge in [0.2, 0.25) is 0 Å². The quantitative estimate of drug-likeness (QED) is 0.871. The Balaban J connectivity index is 2.03. The number of fused-ring (bicyclic) bond motifs is 1. The van der Waals surface area contributed by atoms with Crippen molar-refractivity contribution in [2.75, 3.05) is 13.2 Å². The fourth-order valence-electron chi connectivity index (χ4n) is 2.13. The van der Waals surface area contributed by atoms with E-state index in [-0.39, 0.29) is 6.09 Å². The molecule has 1 aromatic carbocycles. The minimum Gasteiger partial charge on any atom is -0.450 e. The van der Waals surface area contributed by atoms with Crippen molar-refractivity contribution in [2.24, 2.45) is 0 Å². The number of rotatable bonds is 4. The highest BCUT2D eigenvalue weighted by atomic mass is 16.5.